The van der Waals surface area contributed by atoms with Crippen molar-refractivity contribution in [3.63, 3.8) is 0 Å². The van der Waals surface area contributed by atoms with E-state index in [4.69, 9.17) is 0 Å². The Balaban J connectivity index is 1.61. The number of nitrogens with one attached hydrogen (secondary N) is 1. The first-order valence-corrected chi connectivity index (χ1v) is 11.6. The third-order valence-electron chi connectivity index (χ3n) is 6.18. The summed E-state index contributed by atoms with van der Waals surface area (Å²) in [6.45, 7) is 10.3. The number of allylic oxidation sites excluding steroid dienone is 8. The molecule has 2 heteroatoms. The third kappa shape index (κ3) is 4.44. The smallest absolute Gasteiger partial charge is 0.0493 e. The van der Waals surface area contributed by atoms with Gasteiger partial charge in [0.25, 0.3) is 0 Å². The molecule has 0 aliphatic carbocycles. The lowest BCUT2D eigenvalue weighted by molar-refractivity contribution is 1.09. The lowest BCUT2D eigenvalue weighted by atomic mass is 9.94. The Kier molecular flexibility index (Phi) is 6.13. The van der Waals surface area contributed by atoms with E-state index in [1.165, 1.54) is 0 Å². The highest BCUT2D eigenvalue weighted by molar-refractivity contribution is 5.93. The van der Waals surface area contributed by atoms with E-state index >= 15 is 0 Å². The molecule has 2 heterocycles. The minimum atomic E-state index is 0.759. The molecule has 0 bridgehead atoms. The zero-order valence-corrected chi connectivity index (χ0v) is 19.2. The number of hydrogen-bond donors (Lipinski definition) is 1. The van der Waals surface area contributed by atoms with Gasteiger partial charge in [0.2, 0.25) is 0 Å². The van der Waals surface area contributed by atoms with Crippen LogP contribution in [0.15, 0.2) is 128 Å². The van der Waals surface area contributed by atoms with Crippen molar-refractivity contribution in [2.24, 2.45) is 0 Å². The molecule has 2 nitrogen and oxygen atoms in total. The van der Waals surface area contributed by atoms with Crippen molar-refractivity contribution in [3.8, 4) is 0 Å². The number of rotatable bonds is 2. The lowest BCUT2D eigenvalue weighted by Gasteiger charge is -2.27. The third-order valence-corrected chi connectivity index (χ3v) is 6.18. The van der Waals surface area contributed by atoms with Crippen LogP contribution in [0.3, 0.4) is 0 Å². The van der Waals surface area contributed by atoms with Gasteiger partial charge in [0.1, 0.15) is 0 Å². The Hall–Kier alpha value is -4.30. The molecule has 0 atom stereocenters. The maximum atomic E-state index is 4.39. The first-order chi connectivity index (χ1) is 16.7. The average molecular weight is 441 g/mol. The second kappa shape index (κ2) is 9.68. The second-order valence-corrected chi connectivity index (χ2v) is 8.44. The first-order valence-electron chi connectivity index (χ1n) is 11.6. The van der Waals surface area contributed by atoms with E-state index in [9.17, 15) is 0 Å². The van der Waals surface area contributed by atoms with Crippen LogP contribution >= 0.6 is 0 Å². The van der Waals surface area contributed by atoms with Crippen molar-refractivity contribution in [2.45, 2.75) is 0 Å². The number of anilines is 3. The molecule has 2 aliphatic rings. The van der Waals surface area contributed by atoms with Crippen LogP contribution in [0.5, 0.6) is 0 Å². The SMILES string of the molecule is C=C1/C=C(c2ccc3c(c2)C(=C)/C=C\C=C/CN3c2ccccc2)\C=C/CNc2ccccc21. The molecule has 0 saturated carbocycles. The van der Waals surface area contributed by atoms with E-state index in [0.29, 0.717) is 0 Å². The van der Waals surface area contributed by atoms with Crippen molar-refractivity contribution in [3.05, 3.63) is 145 Å². The molecule has 0 fully saturated rings. The normalized spacial score (nSPS) is 19.9. The van der Waals surface area contributed by atoms with Crippen LogP contribution in [-0.2, 0) is 0 Å². The van der Waals surface area contributed by atoms with E-state index in [0.717, 1.165) is 63.6 Å². The van der Waals surface area contributed by atoms with Gasteiger partial charge in [-0.05, 0) is 58.7 Å². The number of hydrogen-bond acceptors (Lipinski definition) is 2. The molecule has 0 aromatic heterocycles. The Morgan fingerprint density at radius 3 is 2.44 bits per heavy atom. The first kappa shape index (κ1) is 21.5. The Morgan fingerprint density at radius 2 is 1.56 bits per heavy atom. The van der Waals surface area contributed by atoms with Gasteiger partial charge in [-0.2, -0.15) is 0 Å². The molecule has 3 aromatic carbocycles. The number of para-hydroxylation sites is 2. The highest BCUT2D eigenvalue weighted by atomic mass is 15.1. The number of nitrogens with zero attached hydrogens (tertiary/aromatic N) is 1. The second-order valence-electron chi connectivity index (χ2n) is 8.44. The molecule has 0 spiro atoms. The summed E-state index contributed by atoms with van der Waals surface area (Å²) in [7, 11) is 0. The molecule has 5 rings (SSSR count). The van der Waals surface area contributed by atoms with Gasteiger partial charge < -0.3 is 10.2 Å². The van der Waals surface area contributed by atoms with Crippen LogP contribution in [0.25, 0.3) is 16.7 Å². The Morgan fingerprint density at radius 1 is 0.735 bits per heavy atom. The van der Waals surface area contributed by atoms with Crippen LogP contribution in [0, 0.1) is 0 Å². The van der Waals surface area contributed by atoms with Gasteiger partial charge in [-0.1, -0.05) is 92.1 Å². The molecule has 3 aromatic rings. The Bertz CT molecular complexity index is 1350. The van der Waals surface area contributed by atoms with E-state index in [2.05, 4.69) is 139 Å². The average Bonchev–Trinajstić information content (AvgIpc) is 3.01. The summed E-state index contributed by atoms with van der Waals surface area (Å²) in [6.07, 6.45) is 14.9. The van der Waals surface area contributed by atoms with Crippen LogP contribution in [-0.4, -0.2) is 13.1 Å². The van der Waals surface area contributed by atoms with Crippen molar-refractivity contribution >= 4 is 33.8 Å². The van der Waals surface area contributed by atoms with Gasteiger partial charge in [-0.25, -0.2) is 0 Å². The van der Waals surface area contributed by atoms with Gasteiger partial charge >= 0.3 is 0 Å². The van der Waals surface area contributed by atoms with Gasteiger partial charge in [0.05, 0.1) is 0 Å². The van der Waals surface area contributed by atoms with E-state index < -0.39 is 0 Å². The summed E-state index contributed by atoms with van der Waals surface area (Å²) >= 11 is 0. The van der Waals surface area contributed by atoms with E-state index in [1.807, 2.05) is 0 Å². The van der Waals surface area contributed by atoms with Crippen LogP contribution < -0.4 is 10.2 Å². The molecule has 166 valence electrons. The number of fused-ring (bicyclic) bond motifs is 2. The van der Waals surface area contributed by atoms with Gasteiger partial charge in [-0.15, -0.1) is 0 Å². The minimum Gasteiger partial charge on any atom is -0.381 e. The predicted octanol–water partition coefficient (Wildman–Crippen LogP) is 8.04. The van der Waals surface area contributed by atoms with Gasteiger partial charge in [0.15, 0.2) is 0 Å². The van der Waals surface area contributed by atoms with E-state index in [1.54, 1.807) is 0 Å². The molecule has 0 amide bonds. The van der Waals surface area contributed by atoms with Crippen molar-refractivity contribution in [2.75, 3.05) is 23.3 Å². The molecule has 0 saturated heterocycles. The summed E-state index contributed by atoms with van der Waals surface area (Å²) in [5.74, 6) is 0. The fraction of sp³-hybridized carbons (Fsp3) is 0.0625. The van der Waals surface area contributed by atoms with Crippen molar-refractivity contribution < 1.29 is 0 Å². The zero-order chi connectivity index (χ0) is 23.3. The maximum absolute atomic E-state index is 4.39. The molecule has 0 radical (unpaired) electrons. The van der Waals surface area contributed by atoms with E-state index in [-0.39, 0.29) is 0 Å². The quantitative estimate of drug-likeness (QED) is 0.434. The Labute approximate surface area is 202 Å². The molecule has 2 aliphatic heterocycles. The fourth-order valence-corrected chi connectivity index (χ4v) is 4.43. The van der Waals surface area contributed by atoms with Crippen LogP contribution in [0.2, 0.25) is 0 Å². The molecule has 1 N–H and O–H groups in total. The highest BCUT2D eigenvalue weighted by Crippen LogP contribution is 2.36. The van der Waals surface area contributed by atoms with Crippen molar-refractivity contribution in [1.82, 2.24) is 0 Å². The van der Waals surface area contributed by atoms with Crippen LogP contribution in [0.4, 0.5) is 17.1 Å². The maximum Gasteiger partial charge on any atom is 0.0493 e. The van der Waals surface area contributed by atoms with Gasteiger partial charge in [0, 0.05) is 41.3 Å². The summed E-state index contributed by atoms with van der Waals surface area (Å²) in [5.41, 5.74) is 9.92. The largest absolute Gasteiger partial charge is 0.381 e. The molecule has 34 heavy (non-hydrogen) atoms. The topological polar surface area (TPSA) is 15.3 Å². The number of benzene rings is 3. The van der Waals surface area contributed by atoms with Crippen LogP contribution in [0.1, 0.15) is 16.7 Å². The summed E-state index contributed by atoms with van der Waals surface area (Å²) in [4.78, 5) is 2.33. The predicted molar refractivity (Wildman–Crippen MR) is 148 cm³/mol. The zero-order valence-electron chi connectivity index (χ0n) is 19.2. The fourth-order valence-electron chi connectivity index (χ4n) is 4.43. The molecular weight excluding hydrogens is 412 g/mol. The summed E-state index contributed by atoms with van der Waals surface area (Å²) in [6, 6.07) is 25.5. The van der Waals surface area contributed by atoms with Crippen molar-refractivity contribution in [1.29, 1.82) is 0 Å². The summed E-state index contributed by atoms with van der Waals surface area (Å²) in [5, 5.41) is 3.49. The highest BCUT2D eigenvalue weighted by Gasteiger charge is 2.16. The molecule has 0 unspecified atom stereocenters. The minimum absolute atomic E-state index is 0.759. The van der Waals surface area contributed by atoms with Gasteiger partial charge in [-0.3, -0.25) is 0 Å². The molecular formula is C32H28N2. The standard InChI is InChI=1S/C32H28N2/c1-24-12-5-4-10-21-34(28-14-6-3-7-15-28)32-19-18-27(23-30(24)32)26-13-11-20-33-31-17-9-8-16-29(31)25(2)22-26/h3-19,22-23,33H,1-2,20-21H2/b10-4-,12-5-,13-11-,26-22+. The monoisotopic (exact) mass is 440 g/mol. The lowest BCUT2D eigenvalue weighted by Crippen LogP contribution is -2.18. The summed E-state index contributed by atoms with van der Waals surface area (Å²) < 4.78 is 0.